The molecule has 1 heterocycles. The van der Waals surface area contributed by atoms with Crippen LogP contribution in [0.5, 0.6) is 11.5 Å². The van der Waals surface area contributed by atoms with Crippen molar-refractivity contribution in [1.29, 1.82) is 0 Å². The van der Waals surface area contributed by atoms with Crippen LogP contribution in [0.25, 0.3) is 0 Å². The molecule has 0 saturated heterocycles. The Morgan fingerprint density at radius 1 is 0.964 bits per heavy atom. The van der Waals surface area contributed by atoms with E-state index in [1.807, 2.05) is 43.3 Å². The molecule has 0 saturated carbocycles. The lowest BCUT2D eigenvalue weighted by molar-refractivity contribution is 0.0946. The number of nitrogens with one attached hydrogen (secondary N) is 2. The zero-order chi connectivity index (χ0) is 19.9. The van der Waals surface area contributed by atoms with E-state index in [1.54, 1.807) is 31.3 Å². The highest BCUT2D eigenvalue weighted by molar-refractivity contribution is 5.95. The molecule has 0 aliphatic rings. The van der Waals surface area contributed by atoms with Crippen LogP contribution in [-0.4, -0.2) is 23.8 Å². The summed E-state index contributed by atoms with van der Waals surface area (Å²) in [5.74, 6) is 0.502. The topological polar surface area (TPSA) is 80.3 Å². The van der Waals surface area contributed by atoms with E-state index in [9.17, 15) is 9.59 Å². The predicted molar refractivity (Wildman–Crippen MR) is 106 cm³/mol. The van der Waals surface area contributed by atoms with Gasteiger partial charge in [0, 0.05) is 31.4 Å². The first-order valence-electron chi connectivity index (χ1n) is 8.85. The van der Waals surface area contributed by atoms with E-state index in [4.69, 9.17) is 4.74 Å². The average molecular weight is 375 g/mol. The molecular weight excluding hydrogens is 354 g/mol. The first-order valence-corrected chi connectivity index (χ1v) is 8.85. The van der Waals surface area contributed by atoms with E-state index in [0.717, 1.165) is 11.1 Å². The summed E-state index contributed by atoms with van der Waals surface area (Å²) in [6.07, 6.45) is 1.50. The molecule has 6 heteroatoms. The number of aromatic nitrogens is 1. The van der Waals surface area contributed by atoms with E-state index >= 15 is 0 Å². The molecular formula is C22H21N3O3. The highest BCUT2D eigenvalue weighted by atomic mass is 16.5. The molecule has 142 valence electrons. The largest absolute Gasteiger partial charge is 0.457 e. The number of benzene rings is 2. The lowest BCUT2D eigenvalue weighted by atomic mass is 10.1. The van der Waals surface area contributed by atoms with E-state index in [1.165, 1.54) is 6.20 Å². The van der Waals surface area contributed by atoms with Crippen molar-refractivity contribution in [2.45, 2.75) is 13.5 Å². The van der Waals surface area contributed by atoms with E-state index in [2.05, 4.69) is 15.6 Å². The molecule has 0 spiro atoms. The third-order valence-corrected chi connectivity index (χ3v) is 4.04. The number of hydrogen-bond acceptors (Lipinski definition) is 4. The Morgan fingerprint density at radius 2 is 1.75 bits per heavy atom. The van der Waals surface area contributed by atoms with Crippen LogP contribution in [0.3, 0.4) is 0 Å². The molecule has 2 aromatic carbocycles. The molecule has 1 aromatic heterocycles. The van der Waals surface area contributed by atoms with Gasteiger partial charge in [0.1, 0.15) is 17.2 Å². The Kier molecular flexibility index (Phi) is 6.01. The fourth-order valence-corrected chi connectivity index (χ4v) is 2.68. The fraction of sp³-hybridized carbons (Fsp3) is 0.136. The molecule has 2 N–H and O–H groups in total. The number of nitrogens with zero attached hydrogens (tertiary/aromatic N) is 1. The lowest BCUT2D eigenvalue weighted by Crippen LogP contribution is -2.22. The van der Waals surface area contributed by atoms with Crippen molar-refractivity contribution in [3.63, 3.8) is 0 Å². The normalized spacial score (nSPS) is 10.2. The van der Waals surface area contributed by atoms with Crippen LogP contribution >= 0.6 is 0 Å². The molecule has 0 aliphatic heterocycles. The second kappa shape index (κ2) is 8.81. The van der Waals surface area contributed by atoms with Gasteiger partial charge in [-0.2, -0.15) is 0 Å². The number of ether oxygens (including phenoxy) is 1. The van der Waals surface area contributed by atoms with Crippen LogP contribution in [0, 0.1) is 6.92 Å². The molecule has 0 bridgehead atoms. The summed E-state index contributed by atoms with van der Waals surface area (Å²) in [6.45, 7) is 2.34. The molecule has 0 radical (unpaired) electrons. The van der Waals surface area contributed by atoms with Crippen LogP contribution in [0.4, 0.5) is 0 Å². The average Bonchev–Trinajstić information content (AvgIpc) is 2.72. The van der Waals surface area contributed by atoms with Crippen molar-refractivity contribution < 1.29 is 14.3 Å². The first kappa shape index (κ1) is 19.1. The molecule has 0 unspecified atom stereocenters. The second-order valence-electron chi connectivity index (χ2n) is 6.26. The molecule has 6 nitrogen and oxygen atoms in total. The van der Waals surface area contributed by atoms with Gasteiger partial charge >= 0.3 is 0 Å². The summed E-state index contributed by atoms with van der Waals surface area (Å²) in [4.78, 5) is 28.3. The summed E-state index contributed by atoms with van der Waals surface area (Å²) in [6, 6.07) is 18.2. The number of pyridine rings is 1. The fourth-order valence-electron chi connectivity index (χ4n) is 2.68. The van der Waals surface area contributed by atoms with Crippen molar-refractivity contribution in [1.82, 2.24) is 15.6 Å². The van der Waals surface area contributed by atoms with E-state index < -0.39 is 0 Å². The number of aryl methyl sites for hydroxylation is 1. The van der Waals surface area contributed by atoms with Gasteiger partial charge in [0.15, 0.2) is 0 Å². The second-order valence-corrected chi connectivity index (χ2v) is 6.26. The molecule has 3 rings (SSSR count). The van der Waals surface area contributed by atoms with Crippen molar-refractivity contribution in [2.24, 2.45) is 0 Å². The Balaban J connectivity index is 1.74. The monoisotopic (exact) mass is 375 g/mol. The minimum atomic E-state index is -0.296. The highest BCUT2D eigenvalue weighted by Gasteiger charge is 2.11. The maximum Gasteiger partial charge on any atom is 0.269 e. The van der Waals surface area contributed by atoms with Gasteiger partial charge in [-0.25, -0.2) is 0 Å². The summed E-state index contributed by atoms with van der Waals surface area (Å²) in [7, 11) is 1.54. The van der Waals surface area contributed by atoms with Gasteiger partial charge < -0.3 is 15.4 Å². The maximum absolute atomic E-state index is 12.5. The Labute approximate surface area is 163 Å². The molecule has 3 aromatic rings. The van der Waals surface area contributed by atoms with Crippen molar-refractivity contribution in [3.8, 4) is 11.5 Å². The maximum atomic E-state index is 12.5. The van der Waals surface area contributed by atoms with Gasteiger partial charge in [-0.05, 0) is 42.3 Å². The smallest absolute Gasteiger partial charge is 0.269 e. The summed E-state index contributed by atoms with van der Waals surface area (Å²) in [5.41, 5.74) is 2.68. The van der Waals surface area contributed by atoms with Crippen LogP contribution in [0.15, 0.2) is 66.9 Å². The molecule has 28 heavy (non-hydrogen) atoms. The van der Waals surface area contributed by atoms with Gasteiger partial charge in [0.05, 0.1) is 0 Å². The highest BCUT2D eigenvalue weighted by Crippen LogP contribution is 2.24. The predicted octanol–water partition coefficient (Wildman–Crippen LogP) is 3.47. The Morgan fingerprint density at radius 3 is 2.50 bits per heavy atom. The number of rotatable bonds is 6. The number of carbonyl (C=O) groups excluding carboxylic acids is 2. The quantitative estimate of drug-likeness (QED) is 0.691. The molecule has 0 aliphatic carbocycles. The van der Waals surface area contributed by atoms with Crippen molar-refractivity contribution >= 4 is 11.8 Å². The van der Waals surface area contributed by atoms with Gasteiger partial charge in [-0.1, -0.05) is 30.3 Å². The van der Waals surface area contributed by atoms with Crippen LogP contribution in [-0.2, 0) is 6.54 Å². The zero-order valence-electron chi connectivity index (χ0n) is 15.7. The summed E-state index contributed by atoms with van der Waals surface area (Å²) < 4.78 is 5.85. The Hall–Kier alpha value is -3.67. The number of amides is 2. The van der Waals surface area contributed by atoms with Crippen LogP contribution in [0.1, 0.15) is 32.0 Å². The zero-order valence-corrected chi connectivity index (χ0v) is 15.7. The Bertz CT molecular complexity index is 987. The summed E-state index contributed by atoms with van der Waals surface area (Å²) in [5, 5.41) is 5.43. The van der Waals surface area contributed by atoms with Gasteiger partial charge in [0.2, 0.25) is 0 Å². The van der Waals surface area contributed by atoms with Crippen LogP contribution in [0.2, 0.25) is 0 Å². The van der Waals surface area contributed by atoms with Gasteiger partial charge in [-0.3, -0.25) is 14.6 Å². The number of carbonyl (C=O) groups is 2. The van der Waals surface area contributed by atoms with Gasteiger partial charge in [0.25, 0.3) is 11.8 Å². The third kappa shape index (κ3) is 4.94. The lowest BCUT2D eigenvalue weighted by Gasteiger charge is -2.11. The SMILES string of the molecule is CNC(=O)c1cc(Oc2cc(C)cc(C(=O)NCc3ccccc3)c2)ccn1. The van der Waals surface area contributed by atoms with Gasteiger partial charge in [-0.15, -0.1) is 0 Å². The van der Waals surface area contributed by atoms with Crippen molar-refractivity contribution in [2.75, 3.05) is 7.05 Å². The van der Waals surface area contributed by atoms with Crippen molar-refractivity contribution in [3.05, 3.63) is 89.2 Å². The summed E-state index contributed by atoms with van der Waals surface area (Å²) >= 11 is 0. The third-order valence-electron chi connectivity index (χ3n) is 4.04. The minimum absolute atomic E-state index is 0.182. The molecule has 0 atom stereocenters. The van der Waals surface area contributed by atoms with E-state index in [0.29, 0.717) is 23.6 Å². The number of hydrogen-bond donors (Lipinski definition) is 2. The molecule has 2 amide bonds. The van der Waals surface area contributed by atoms with Crippen LogP contribution < -0.4 is 15.4 Å². The standard InChI is InChI=1S/C22H21N3O3/c1-15-10-17(21(26)25-14-16-6-4-3-5-7-16)12-19(11-15)28-18-8-9-24-20(13-18)22(27)23-2/h3-13H,14H2,1-2H3,(H,23,27)(H,25,26). The minimum Gasteiger partial charge on any atom is -0.457 e. The van der Waals surface area contributed by atoms with E-state index in [-0.39, 0.29) is 17.5 Å². The first-order chi connectivity index (χ1) is 13.5. The molecule has 0 fully saturated rings.